The molecule has 0 amide bonds. The highest BCUT2D eigenvalue weighted by atomic mass is 17.5. The summed E-state index contributed by atoms with van der Waals surface area (Å²) in [4.78, 5) is 9.40. The highest BCUT2D eigenvalue weighted by Gasteiger charge is 1.88. The lowest BCUT2D eigenvalue weighted by Gasteiger charge is -2.00. The van der Waals surface area contributed by atoms with Gasteiger partial charge in [0.2, 0.25) is 0 Å². The third kappa shape index (κ3) is 23.5. The molecule has 1 unspecified atom stereocenters. The molecule has 0 radical (unpaired) electrons. The summed E-state index contributed by atoms with van der Waals surface area (Å²) in [6.45, 7) is 6.81. The second kappa shape index (κ2) is 17.2. The van der Waals surface area contributed by atoms with Crippen LogP contribution < -0.4 is 0 Å². The predicted molar refractivity (Wildman–Crippen MR) is 61.6 cm³/mol. The standard InChI is InChI=1S/C8H18O3.C3H8O2/c1-3-5-7-9-11-10-8-6-4-2;1-3(5)2-4/h3-8H2,1-2H3;3-5H,2H2,1H3. The van der Waals surface area contributed by atoms with Gasteiger partial charge in [0.25, 0.3) is 0 Å². The summed E-state index contributed by atoms with van der Waals surface area (Å²) in [5.41, 5.74) is 0. The van der Waals surface area contributed by atoms with Crippen molar-refractivity contribution < 1.29 is 25.0 Å². The minimum absolute atomic E-state index is 0.139. The largest absolute Gasteiger partial charge is 0.394 e. The average Bonchev–Trinajstić information content (AvgIpc) is 2.29. The molecule has 0 saturated heterocycles. The van der Waals surface area contributed by atoms with Gasteiger partial charge in [0.05, 0.1) is 25.9 Å². The normalized spacial score (nSPS) is 11.8. The van der Waals surface area contributed by atoms with Crippen LogP contribution in [0.5, 0.6) is 0 Å². The molecule has 1 atom stereocenters. The number of hydrogen-bond acceptors (Lipinski definition) is 5. The van der Waals surface area contributed by atoms with E-state index in [0.717, 1.165) is 25.7 Å². The smallest absolute Gasteiger partial charge is 0.0853 e. The molecule has 0 aromatic heterocycles. The third-order valence-electron chi connectivity index (χ3n) is 1.52. The SMILES string of the molecule is CC(O)CO.CCCCOOOCCCC. The summed E-state index contributed by atoms with van der Waals surface area (Å²) in [5, 5.41) is 20.4. The molecule has 16 heavy (non-hydrogen) atoms. The summed E-state index contributed by atoms with van der Waals surface area (Å²) < 4.78 is 0. The number of hydrogen-bond donors (Lipinski definition) is 2. The molecular formula is C11H26O5. The first kappa shape index (κ1) is 18.2. The Labute approximate surface area is 98.2 Å². The Morgan fingerprint density at radius 2 is 1.38 bits per heavy atom. The highest BCUT2D eigenvalue weighted by molar-refractivity contribution is 4.34. The van der Waals surface area contributed by atoms with Crippen LogP contribution in [0.4, 0.5) is 0 Å². The fourth-order valence-corrected chi connectivity index (χ4v) is 0.509. The van der Waals surface area contributed by atoms with Gasteiger partial charge in [-0.05, 0) is 19.8 Å². The van der Waals surface area contributed by atoms with E-state index in [9.17, 15) is 0 Å². The average molecular weight is 238 g/mol. The van der Waals surface area contributed by atoms with Gasteiger partial charge in [-0.25, -0.2) is 9.78 Å². The van der Waals surface area contributed by atoms with Gasteiger partial charge >= 0.3 is 0 Å². The zero-order valence-electron chi connectivity index (χ0n) is 10.6. The Bertz CT molecular complexity index is 101. The minimum atomic E-state index is -0.560. The van der Waals surface area contributed by atoms with Crippen molar-refractivity contribution in [1.29, 1.82) is 0 Å². The molecule has 5 heteroatoms. The quantitative estimate of drug-likeness (QED) is 0.364. The van der Waals surface area contributed by atoms with E-state index in [1.165, 1.54) is 6.92 Å². The van der Waals surface area contributed by atoms with Crippen LogP contribution >= 0.6 is 0 Å². The number of unbranched alkanes of at least 4 members (excludes halogenated alkanes) is 2. The molecule has 0 fully saturated rings. The summed E-state index contributed by atoms with van der Waals surface area (Å²) in [5.74, 6) is 0. The number of aliphatic hydroxyl groups is 2. The van der Waals surface area contributed by atoms with Crippen LogP contribution in [0.25, 0.3) is 0 Å². The number of rotatable bonds is 9. The molecule has 0 bridgehead atoms. The lowest BCUT2D eigenvalue weighted by Crippen LogP contribution is -2.03. The van der Waals surface area contributed by atoms with Gasteiger partial charge in [0, 0.05) is 0 Å². The molecule has 0 aromatic rings. The predicted octanol–water partition coefficient (Wildman–Crippen LogP) is 1.83. The fourth-order valence-electron chi connectivity index (χ4n) is 0.509. The second-order valence-corrected chi connectivity index (χ2v) is 3.45. The Hall–Kier alpha value is -0.200. The zero-order chi connectivity index (χ0) is 12.6. The Balaban J connectivity index is 0. The molecule has 0 aliphatic heterocycles. The minimum Gasteiger partial charge on any atom is -0.394 e. The summed E-state index contributed by atoms with van der Waals surface area (Å²) in [6.07, 6.45) is 3.68. The van der Waals surface area contributed by atoms with Gasteiger partial charge in [-0.2, -0.15) is 0 Å². The second-order valence-electron chi connectivity index (χ2n) is 3.45. The zero-order valence-corrected chi connectivity index (χ0v) is 10.6. The van der Waals surface area contributed by atoms with Crippen LogP contribution in [-0.2, 0) is 14.8 Å². The molecule has 0 aliphatic carbocycles. The van der Waals surface area contributed by atoms with Gasteiger partial charge in [-0.15, -0.1) is 0 Å². The first-order valence-corrected chi connectivity index (χ1v) is 5.88. The Kier molecular flexibility index (Phi) is 19.5. The van der Waals surface area contributed by atoms with Crippen LogP contribution in [0.1, 0.15) is 46.5 Å². The van der Waals surface area contributed by atoms with Gasteiger partial charge in [0.1, 0.15) is 0 Å². The van der Waals surface area contributed by atoms with Crippen LogP contribution in [0, 0.1) is 0 Å². The van der Waals surface area contributed by atoms with E-state index < -0.39 is 6.10 Å². The molecule has 2 N–H and O–H groups in total. The summed E-state index contributed by atoms with van der Waals surface area (Å²) in [7, 11) is 0. The third-order valence-corrected chi connectivity index (χ3v) is 1.52. The topological polar surface area (TPSA) is 68.2 Å². The van der Waals surface area contributed by atoms with Gasteiger partial charge in [0.15, 0.2) is 0 Å². The van der Waals surface area contributed by atoms with E-state index in [1.807, 2.05) is 0 Å². The van der Waals surface area contributed by atoms with Crippen molar-refractivity contribution in [2.45, 2.75) is 52.6 Å². The summed E-state index contributed by atoms with van der Waals surface area (Å²) in [6, 6.07) is 0. The molecule has 0 aliphatic rings. The van der Waals surface area contributed by atoms with E-state index in [1.54, 1.807) is 0 Å². The van der Waals surface area contributed by atoms with Crippen LogP contribution in [0.15, 0.2) is 0 Å². The molecule has 0 saturated carbocycles. The highest BCUT2D eigenvalue weighted by Crippen LogP contribution is 1.92. The molecule has 0 rings (SSSR count). The van der Waals surface area contributed by atoms with Crippen molar-refractivity contribution in [3.8, 4) is 0 Å². The van der Waals surface area contributed by atoms with Crippen molar-refractivity contribution in [3.63, 3.8) is 0 Å². The van der Waals surface area contributed by atoms with Crippen LogP contribution in [0.3, 0.4) is 0 Å². The lowest BCUT2D eigenvalue weighted by atomic mass is 10.4. The van der Waals surface area contributed by atoms with Crippen molar-refractivity contribution in [3.05, 3.63) is 0 Å². The van der Waals surface area contributed by atoms with Crippen molar-refractivity contribution in [2.75, 3.05) is 19.8 Å². The monoisotopic (exact) mass is 238 g/mol. The van der Waals surface area contributed by atoms with E-state index in [4.69, 9.17) is 20.0 Å². The lowest BCUT2D eigenvalue weighted by molar-refractivity contribution is -0.512. The van der Waals surface area contributed by atoms with Crippen molar-refractivity contribution in [2.24, 2.45) is 0 Å². The molecule has 0 heterocycles. The molecule has 0 spiro atoms. The van der Waals surface area contributed by atoms with Crippen LogP contribution in [-0.4, -0.2) is 36.1 Å². The molecule has 100 valence electrons. The maximum absolute atomic E-state index is 8.11. The van der Waals surface area contributed by atoms with E-state index in [2.05, 4.69) is 18.9 Å². The Morgan fingerprint density at radius 1 is 1.00 bits per heavy atom. The van der Waals surface area contributed by atoms with Crippen molar-refractivity contribution in [1.82, 2.24) is 0 Å². The maximum Gasteiger partial charge on any atom is 0.0853 e. The first-order chi connectivity index (χ1) is 7.68. The molecule has 5 nitrogen and oxygen atoms in total. The van der Waals surface area contributed by atoms with E-state index in [0.29, 0.717) is 13.2 Å². The number of aliphatic hydroxyl groups excluding tert-OH is 2. The molecular weight excluding hydrogens is 212 g/mol. The first-order valence-electron chi connectivity index (χ1n) is 5.88. The van der Waals surface area contributed by atoms with Crippen LogP contribution in [0.2, 0.25) is 0 Å². The summed E-state index contributed by atoms with van der Waals surface area (Å²) >= 11 is 0. The van der Waals surface area contributed by atoms with E-state index in [-0.39, 0.29) is 6.61 Å². The Morgan fingerprint density at radius 3 is 1.62 bits per heavy atom. The van der Waals surface area contributed by atoms with Gasteiger partial charge in [-0.1, -0.05) is 31.7 Å². The molecule has 0 aromatic carbocycles. The van der Waals surface area contributed by atoms with Crippen molar-refractivity contribution >= 4 is 0 Å². The fraction of sp³-hybridized carbons (Fsp3) is 1.00. The van der Waals surface area contributed by atoms with Gasteiger partial charge in [-0.3, -0.25) is 0 Å². The maximum atomic E-state index is 8.11. The van der Waals surface area contributed by atoms with Gasteiger partial charge < -0.3 is 10.2 Å². The van der Waals surface area contributed by atoms with E-state index >= 15 is 0 Å².